The van der Waals surface area contributed by atoms with Crippen LogP contribution >= 0.6 is 0 Å². The Morgan fingerprint density at radius 1 is 0.964 bits per heavy atom. The van der Waals surface area contributed by atoms with Crippen LogP contribution in [0.15, 0.2) is 48.5 Å². The molecule has 2 aromatic rings. The third-order valence-corrected chi connectivity index (χ3v) is 6.04. The van der Waals surface area contributed by atoms with E-state index < -0.39 is 18.1 Å². The summed E-state index contributed by atoms with van der Waals surface area (Å²) in [5.74, 6) is -1.66. The van der Waals surface area contributed by atoms with Crippen LogP contribution in [0.25, 0.3) is 0 Å². The molecule has 6 heteroatoms. The average Bonchev–Trinajstić information content (AvgIpc) is 2.76. The third kappa shape index (κ3) is 3.15. The maximum Gasteiger partial charge on any atom is 0.471 e. The second-order valence-corrected chi connectivity index (χ2v) is 7.82. The first-order chi connectivity index (χ1) is 13.3. The molecule has 28 heavy (non-hydrogen) atoms. The van der Waals surface area contributed by atoms with Crippen LogP contribution < -0.4 is 10.2 Å². The number of nitrogens with zero attached hydrogens (tertiary/aromatic N) is 1. The largest absolute Gasteiger partial charge is 0.471 e. The Morgan fingerprint density at radius 3 is 2.25 bits per heavy atom. The standard InChI is InChI=1S/C22H23F3N2O/c1-13-11-15(26-21(28)22(23,24)25)12-20-18-9-4-3-7-16(18)14(2)17-8-5-6-10-19(17)27(13)20/h3-10,13-15,20H,11-12H2,1-2H3,(H,26,28)/t13?,14-,15-,20-/m1/s1. The first kappa shape index (κ1) is 18.8. The number of hydrogen-bond donors (Lipinski definition) is 1. The van der Waals surface area contributed by atoms with Gasteiger partial charge in [-0.05, 0) is 42.5 Å². The maximum absolute atomic E-state index is 12.8. The number of carbonyl (C=O) groups is 1. The van der Waals surface area contributed by atoms with Gasteiger partial charge in [0.1, 0.15) is 0 Å². The van der Waals surface area contributed by atoms with Gasteiger partial charge in [-0.2, -0.15) is 13.2 Å². The molecule has 4 atom stereocenters. The number of nitrogens with one attached hydrogen (secondary N) is 1. The van der Waals surface area contributed by atoms with Crippen LogP contribution in [0.2, 0.25) is 0 Å². The topological polar surface area (TPSA) is 32.3 Å². The Hall–Kier alpha value is -2.50. The SMILES string of the molecule is CC1C[C@@H](NC(=O)C(F)(F)F)C[C@@H]2c3ccccc3[C@@H](C)c3ccccc3N12. The van der Waals surface area contributed by atoms with Crippen molar-refractivity contribution in [3.8, 4) is 0 Å². The molecule has 2 aliphatic heterocycles. The van der Waals surface area contributed by atoms with Crippen LogP contribution in [0.4, 0.5) is 18.9 Å². The van der Waals surface area contributed by atoms with E-state index in [4.69, 9.17) is 0 Å². The van der Waals surface area contributed by atoms with Crippen molar-refractivity contribution in [2.24, 2.45) is 0 Å². The Morgan fingerprint density at radius 2 is 1.57 bits per heavy atom. The molecule has 0 aliphatic carbocycles. The van der Waals surface area contributed by atoms with Gasteiger partial charge in [0.2, 0.25) is 0 Å². The van der Waals surface area contributed by atoms with E-state index in [1.165, 1.54) is 11.1 Å². The summed E-state index contributed by atoms with van der Waals surface area (Å²) in [6, 6.07) is 15.8. The van der Waals surface area contributed by atoms with Gasteiger partial charge in [0.25, 0.3) is 0 Å². The Balaban J connectivity index is 1.76. The van der Waals surface area contributed by atoms with Crippen molar-refractivity contribution in [2.45, 2.75) is 56.9 Å². The lowest BCUT2D eigenvalue weighted by Gasteiger charge is -2.46. The molecule has 1 N–H and O–H groups in total. The van der Waals surface area contributed by atoms with E-state index in [2.05, 4.69) is 41.4 Å². The molecule has 0 radical (unpaired) electrons. The highest BCUT2D eigenvalue weighted by Crippen LogP contribution is 2.48. The number of para-hydroxylation sites is 1. The van der Waals surface area contributed by atoms with Crippen molar-refractivity contribution < 1.29 is 18.0 Å². The summed E-state index contributed by atoms with van der Waals surface area (Å²) in [6.07, 6.45) is -3.93. The van der Waals surface area contributed by atoms with Crippen LogP contribution in [-0.4, -0.2) is 24.2 Å². The minimum absolute atomic E-state index is 0.00297. The second kappa shape index (κ2) is 6.83. The molecular formula is C22H23F3N2O. The smallest absolute Gasteiger partial charge is 0.361 e. The first-order valence-corrected chi connectivity index (χ1v) is 9.61. The van der Waals surface area contributed by atoms with Crippen molar-refractivity contribution in [1.82, 2.24) is 5.32 Å². The van der Waals surface area contributed by atoms with Gasteiger partial charge < -0.3 is 10.2 Å². The Bertz CT molecular complexity index is 895. The molecule has 148 valence electrons. The average molecular weight is 388 g/mol. The van der Waals surface area contributed by atoms with Gasteiger partial charge in [-0.15, -0.1) is 0 Å². The molecule has 1 saturated heterocycles. The summed E-state index contributed by atoms with van der Waals surface area (Å²) < 4.78 is 38.3. The second-order valence-electron chi connectivity index (χ2n) is 7.82. The minimum Gasteiger partial charge on any atom is -0.361 e. The fourth-order valence-corrected chi connectivity index (χ4v) is 4.84. The van der Waals surface area contributed by atoms with E-state index in [-0.39, 0.29) is 18.0 Å². The highest BCUT2D eigenvalue weighted by molar-refractivity contribution is 5.82. The Labute approximate surface area is 162 Å². The van der Waals surface area contributed by atoms with E-state index >= 15 is 0 Å². The van der Waals surface area contributed by atoms with Gasteiger partial charge >= 0.3 is 12.1 Å². The molecule has 2 heterocycles. The number of alkyl halides is 3. The summed E-state index contributed by atoms with van der Waals surface area (Å²) in [5, 5.41) is 2.22. The number of rotatable bonds is 1. The molecule has 2 aliphatic rings. The van der Waals surface area contributed by atoms with Crippen LogP contribution in [0.1, 0.15) is 55.3 Å². The van der Waals surface area contributed by atoms with Crippen molar-refractivity contribution >= 4 is 11.6 Å². The van der Waals surface area contributed by atoms with Gasteiger partial charge in [-0.3, -0.25) is 4.79 Å². The molecule has 0 spiro atoms. The molecule has 2 aromatic carbocycles. The normalized spacial score (nSPS) is 26.5. The van der Waals surface area contributed by atoms with Gasteiger partial charge in [-0.25, -0.2) is 0 Å². The summed E-state index contributed by atoms with van der Waals surface area (Å²) in [5.41, 5.74) is 4.67. The fraction of sp³-hybridized carbons (Fsp3) is 0.409. The number of amides is 1. The lowest BCUT2D eigenvalue weighted by atomic mass is 9.84. The Kier molecular flexibility index (Phi) is 4.60. The summed E-state index contributed by atoms with van der Waals surface area (Å²) in [4.78, 5) is 13.8. The summed E-state index contributed by atoms with van der Waals surface area (Å²) >= 11 is 0. The molecule has 1 fully saturated rings. The van der Waals surface area contributed by atoms with E-state index in [1.807, 2.05) is 31.2 Å². The number of anilines is 1. The van der Waals surface area contributed by atoms with Crippen LogP contribution in [0.3, 0.4) is 0 Å². The quantitative estimate of drug-likeness (QED) is 0.751. The van der Waals surface area contributed by atoms with E-state index in [0.717, 1.165) is 11.3 Å². The minimum atomic E-state index is -4.86. The van der Waals surface area contributed by atoms with Crippen molar-refractivity contribution in [3.05, 3.63) is 65.2 Å². The van der Waals surface area contributed by atoms with Gasteiger partial charge in [0, 0.05) is 23.7 Å². The van der Waals surface area contributed by atoms with Crippen LogP contribution in [0.5, 0.6) is 0 Å². The molecule has 1 amide bonds. The van der Waals surface area contributed by atoms with Gasteiger partial charge in [-0.1, -0.05) is 49.4 Å². The lowest BCUT2D eigenvalue weighted by Crippen LogP contribution is -2.52. The van der Waals surface area contributed by atoms with Crippen molar-refractivity contribution in [1.29, 1.82) is 0 Å². The predicted molar refractivity (Wildman–Crippen MR) is 102 cm³/mol. The van der Waals surface area contributed by atoms with E-state index in [1.54, 1.807) is 0 Å². The highest BCUT2D eigenvalue weighted by Gasteiger charge is 2.44. The molecular weight excluding hydrogens is 365 g/mol. The predicted octanol–water partition coefficient (Wildman–Crippen LogP) is 4.93. The van der Waals surface area contributed by atoms with Crippen molar-refractivity contribution in [2.75, 3.05) is 4.90 Å². The van der Waals surface area contributed by atoms with E-state index in [0.29, 0.717) is 12.8 Å². The first-order valence-electron chi connectivity index (χ1n) is 9.61. The van der Waals surface area contributed by atoms with E-state index in [9.17, 15) is 18.0 Å². The number of carbonyl (C=O) groups excluding carboxylic acids is 1. The number of fused-ring (bicyclic) bond motifs is 5. The fourth-order valence-electron chi connectivity index (χ4n) is 4.84. The highest BCUT2D eigenvalue weighted by atomic mass is 19.4. The zero-order valence-corrected chi connectivity index (χ0v) is 15.8. The number of piperidine rings is 1. The van der Waals surface area contributed by atoms with Gasteiger partial charge in [0.05, 0.1) is 6.04 Å². The number of hydrogen-bond acceptors (Lipinski definition) is 2. The molecule has 0 aromatic heterocycles. The lowest BCUT2D eigenvalue weighted by molar-refractivity contribution is -0.174. The van der Waals surface area contributed by atoms with Gasteiger partial charge in [0.15, 0.2) is 0 Å². The molecule has 0 bridgehead atoms. The maximum atomic E-state index is 12.8. The van der Waals surface area contributed by atoms with Crippen molar-refractivity contribution in [3.63, 3.8) is 0 Å². The monoisotopic (exact) mass is 388 g/mol. The van der Waals surface area contributed by atoms with Crippen LogP contribution in [0, 0.1) is 0 Å². The summed E-state index contributed by atoms with van der Waals surface area (Å²) in [7, 11) is 0. The van der Waals surface area contributed by atoms with Crippen LogP contribution in [-0.2, 0) is 4.79 Å². The zero-order valence-electron chi connectivity index (χ0n) is 15.8. The number of benzene rings is 2. The number of halogens is 3. The molecule has 3 nitrogen and oxygen atoms in total. The summed E-state index contributed by atoms with van der Waals surface area (Å²) in [6.45, 7) is 4.19. The third-order valence-electron chi connectivity index (χ3n) is 6.04. The molecule has 0 saturated carbocycles. The zero-order chi connectivity index (χ0) is 20.1. The molecule has 4 rings (SSSR count). The molecule has 1 unspecified atom stereocenters.